The number of carbonyl (C=O) groups is 1. The summed E-state index contributed by atoms with van der Waals surface area (Å²) in [6, 6.07) is -0.299. The van der Waals surface area contributed by atoms with E-state index in [0.717, 1.165) is 12.8 Å². The molecule has 0 aromatic carbocycles. The van der Waals surface area contributed by atoms with Gasteiger partial charge in [0, 0.05) is 6.54 Å². The number of aromatic amines is 1. The van der Waals surface area contributed by atoms with Gasteiger partial charge in [0.25, 0.3) is 0 Å². The second-order valence-electron chi connectivity index (χ2n) is 2.48. The highest BCUT2D eigenvalue weighted by molar-refractivity contribution is 5.87. The van der Waals surface area contributed by atoms with E-state index in [1.165, 1.54) is 0 Å². The summed E-state index contributed by atoms with van der Waals surface area (Å²) in [5.74, 6) is 0.244. The molecule has 72 valence electrons. The Bertz CT molecular complexity index is 246. The van der Waals surface area contributed by atoms with Crippen LogP contribution in [0.25, 0.3) is 0 Å². The summed E-state index contributed by atoms with van der Waals surface area (Å²) in [5.41, 5.74) is 0. The average molecular weight is 184 g/mol. The number of nitrogens with zero attached hydrogens (tertiary/aromatic N) is 3. The van der Waals surface area contributed by atoms with Crippen molar-refractivity contribution >= 4 is 12.0 Å². The normalized spacial score (nSPS) is 9.62. The lowest BCUT2D eigenvalue weighted by molar-refractivity contribution is 0.252. The molecule has 1 rings (SSSR count). The summed E-state index contributed by atoms with van der Waals surface area (Å²) >= 11 is 0. The highest BCUT2D eigenvalue weighted by Crippen LogP contribution is 1.89. The number of unbranched alkanes of at least 4 members (excludes halogenated alkanes) is 1. The molecular formula is C6H12N6O. The topological polar surface area (TPSA) is 95.6 Å². The third-order valence-corrected chi connectivity index (χ3v) is 1.39. The van der Waals surface area contributed by atoms with Crippen LogP contribution in [0.4, 0.5) is 10.7 Å². The van der Waals surface area contributed by atoms with Gasteiger partial charge in [-0.05, 0) is 16.8 Å². The summed E-state index contributed by atoms with van der Waals surface area (Å²) in [6.07, 6.45) is 2.01. The minimum atomic E-state index is -0.299. The van der Waals surface area contributed by atoms with Crippen LogP contribution in [-0.4, -0.2) is 33.2 Å². The zero-order valence-electron chi connectivity index (χ0n) is 7.37. The zero-order chi connectivity index (χ0) is 9.52. The molecule has 2 amide bonds. The Morgan fingerprint density at radius 1 is 1.62 bits per heavy atom. The molecule has 13 heavy (non-hydrogen) atoms. The van der Waals surface area contributed by atoms with E-state index in [1.54, 1.807) is 0 Å². The first kappa shape index (κ1) is 9.43. The van der Waals surface area contributed by atoms with E-state index in [9.17, 15) is 4.79 Å². The van der Waals surface area contributed by atoms with Crippen molar-refractivity contribution < 1.29 is 4.79 Å². The number of hydrogen-bond acceptors (Lipinski definition) is 4. The fraction of sp³-hybridized carbons (Fsp3) is 0.667. The molecule has 0 saturated heterocycles. The van der Waals surface area contributed by atoms with Gasteiger partial charge in [0.2, 0.25) is 5.95 Å². The standard InChI is InChI=1S/C6H12N6O/c1-2-3-4-7-6(13)8-5-9-11-12-10-5/h2-4H2,1H3,(H3,7,8,9,10,11,12,13). The van der Waals surface area contributed by atoms with Crippen molar-refractivity contribution in [2.24, 2.45) is 0 Å². The summed E-state index contributed by atoms with van der Waals surface area (Å²) in [4.78, 5) is 11.0. The van der Waals surface area contributed by atoms with Gasteiger partial charge in [-0.2, -0.15) is 0 Å². The third kappa shape index (κ3) is 3.50. The van der Waals surface area contributed by atoms with Crippen LogP contribution in [0.1, 0.15) is 19.8 Å². The molecule has 7 nitrogen and oxygen atoms in total. The van der Waals surface area contributed by atoms with E-state index in [1.807, 2.05) is 0 Å². The molecule has 0 saturated carbocycles. The van der Waals surface area contributed by atoms with Gasteiger partial charge >= 0.3 is 6.03 Å². The van der Waals surface area contributed by atoms with Crippen molar-refractivity contribution in [2.45, 2.75) is 19.8 Å². The highest BCUT2D eigenvalue weighted by atomic mass is 16.2. The molecule has 0 fully saturated rings. The molecule has 0 unspecified atom stereocenters. The first-order valence-electron chi connectivity index (χ1n) is 4.11. The molecule has 3 N–H and O–H groups in total. The Kier molecular flexibility index (Phi) is 3.68. The summed E-state index contributed by atoms with van der Waals surface area (Å²) < 4.78 is 0. The van der Waals surface area contributed by atoms with Crippen LogP contribution in [0.5, 0.6) is 0 Å². The first-order chi connectivity index (χ1) is 6.33. The molecule has 0 atom stereocenters. The Morgan fingerprint density at radius 3 is 3.08 bits per heavy atom. The SMILES string of the molecule is CCCCNC(=O)Nc1nnn[nH]1. The van der Waals surface area contributed by atoms with Gasteiger partial charge in [-0.3, -0.25) is 5.32 Å². The highest BCUT2D eigenvalue weighted by Gasteiger charge is 2.01. The van der Waals surface area contributed by atoms with Gasteiger partial charge in [0.05, 0.1) is 0 Å². The van der Waals surface area contributed by atoms with E-state index in [4.69, 9.17) is 0 Å². The van der Waals surface area contributed by atoms with Crippen molar-refractivity contribution in [1.82, 2.24) is 25.9 Å². The molecule has 1 heterocycles. The van der Waals surface area contributed by atoms with Crippen LogP contribution in [0.3, 0.4) is 0 Å². The number of carbonyl (C=O) groups excluding carboxylic acids is 1. The van der Waals surface area contributed by atoms with Gasteiger partial charge in [0.1, 0.15) is 0 Å². The first-order valence-corrected chi connectivity index (χ1v) is 4.11. The number of hydrogen-bond donors (Lipinski definition) is 3. The molecule has 1 aromatic rings. The van der Waals surface area contributed by atoms with Crippen molar-refractivity contribution in [2.75, 3.05) is 11.9 Å². The van der Waals surface area contributed by atoms with Gasteiger partial charge < -0.3 is 5.32 Å². The lowest BCUT2D eigenvalue weighted by Crippen LogP contribution is -2.29. The van der Waals surface area contributed by atoms with Gasteiger partial charge in [-0.25, -0.2) is 9.89 Å². The molecule has 7 heteroatoms. The van der Waals surface area contributed by atoms with Crippen molar-refractivity contribution in [3.63, 3.8) is 0 Å². The van der Waals surface area contributed by atoms with Gasteiger partial charge in [-0.1, -0.05) is 18.4 Å². The minimum Gasteiger partial charge on any atom is -0.338 e. The van der Waals surface area contributed by atoms with E-state index >= 15 is 0 Å². The second-order valence-corrected chi connectivity index (χ2v) is 2.48. The molecule has 0 aliphatic carbocycles. The predicted octanol–water partition coefficient (Wildman–Crippen LogP) is 0.121. The van der Waals surface area contributed by atoms with E-state index in [-0.39, 0.29) is 12.0 Å². The second kappa shape index (κ2) is 5.07. The van der Waals surface area contributed by atoms with Crippen LogP contribution >= 0.6 is 0 Å². The van der Waals surface area contributed by atoms with Gasteiger partial charge in [0.15, 0.2) is 0 Å². The number of urea groups is 1. The Balaban J connectivity index is 2.18. The van der Waals surface area contributed by atoms with E-state index in [2.05, 4.69) is 38.2 Å². The maximum absolute atomic E-state index is 11.0. The van der Waals surface area contributed by atoms with Crippen molar-refractivity contribution in [3.05, 3.63) is 0 Å². The largest absolute Gasteiger partial charge is 0.338 e. The molecule has 1 aromatic heterocycles. The summed E-state index contributed by atoms with van der Waals surface area (Å²) in [6.45, 7) is 2.71. The Hall–Kier alpha value is -1.66. The maximum atomic E-state index is 11.0. The maximum Gasteiger partial charge on any atom is 0.321 e. The Morgan fingerprint density at radius 2 is 2.46 bits per heavy atom. The number of anilines is 1. The van der Waals surface area contributed by atoms with Crippen LogP contribution < -0.4 is 10.6 Å². The summed E-state index contributed by atoms with van der Waals surface area (Å²) in [5, 5.41) is 17.6. The monoisotopic (exact) mass is 184 g/mol. The van der Waals surface area contributed by atoms with Crippen molar-refractivity contribution in [3.8, 4) is 0 Å². The lowest BCUT2D eigenvalue weighted by atomic mass is 10.3. The fourth-order valence-corrected chi connectivity index (χ4v) is 0.743. The molecule has 0 aliphatic rings. The van der Waals surface area contributed by atoms with Crippen LogP contribution in [0.2, 0.25) is 0 Å². The zero-order valence-corrected chi connectivity index (χ0v) is 7.37. The minimum absolute atomic E-state index is 0.244. The number of H-pyrrole nitrogens is 1. The summed E-state index contributed by atoms with van der Waals surface area (Å²) in [7, 11) is 0. The van der Waals surface area contributed by atoms with Crippen molar-refractivity contribution in [1.29, 1.82) is 0 Å². The number of tetrazole rings is 1. The molecule has 0 spiro atoms. The fourth-order valence-electron chi connectivity index (χ4n) is 0.743. The third-order valence-electron chi connectivity index (χ3n) is 1.39. The molecule has 0 aliphatic heterocycles. The van der Waals surface area contributed by atoms with E-state index in [0.29, 0.717) is 6.54 Å². The quantitative estimate of drug-likeness (QED) is 0.579. The lowest BCUT2D eigenvalue weighted by Gasteiger charge is -2.02. The van der Waals surface area contributed by atoms with Crippen LogP contribution in [0, 0.1) is 0 Å². The van der Waals surface area contributed by atoms with Crippen LogP contribution in [-0.2, 0) is 0 Å². The van der Waals surface area contributed by atoms with E-state index < -0.39 is 0 Å². The number of nitrogens with one attached hydrogen (secondary N) is 3. The number of amides is 2. The molecular weight excluding hydrogens is 172 g/mol. The Labute approximate surface area is 75.3 Å². The number of rotatable bonds is 4. The van der Waals surface area contributed by atoms with Gasteiger partial charge in [-0.15, -0.1) is 0 Å². The smallest absolute Gasteiger partial charge is 0.321 e. The predicted molar refractivity (Wildman–Crippen MR) is 46.1 cm³/mol. The van der Waals surface area contributed by atoms with Crippen LogP contribution in [0.15, 0.2) is 0 Å². The molecule has 0 radical (unpaired) electrons. The number of aromatic nitrogens is 4. The average Bonchev–Trinajstić information content (AvgIpc) is 2.57. The molecule has 0 bridgehead atoms.